The van der Waals surface area contributed by atoms with Crippen LogP contribution in [-0.4, -0.2) is 35.8 Å². The summed E-state index contributed by atoms with van der Waals surface area (Å²) >= 11 is 0. The van der Waals surface area contributed by atoms with E-state index in [1.807, 2.05) is 24.4 Å². The van der Waals surface area contributed by atoms with E-state index in [9.17, 15) is 5.11 Å². The molecule has 4 nitrogen and oxygen atoms in total. The maximum atomic E-state index is 9.72. The van der Waals surface area contributed by atoms with Gasteiger partial charge in [0.2, 0.25) is 0 Å². The molecule has 0 aliphatic carbocycles. The normalized spacial score (nSPS) is 15.4. The molecule has 1 aromatic carbocycles. The minimum atomic E-state index is 0.296. The van der Waals surface area contributed by atoms with Gasteiger partial charge in [-0.25, -0.2) is 4.98 Å². The fraction of sp³-hybridized carbons (Fsp3) is 0.400. The molecule has 0 spiro atoms. The molecule has 0 unspecified atom stereocenters. The van der Waals surface area contributed by atoms with Gasteiger partial charge < -0.3 is 15.3 Å². The van der Waals surface area contributed by atoms with Crippen LogP contribution in [0.2, 0.25) is 0 Å². The van der Waals surface area contributed by atoms with Gasteiger partial charge in [0.1, 0.15) is 11.6 Å². The highest BCUT2D eigenvalue weighted by Crippen LogP contribution is 2.29. The minimum absolute atomic E-state index is 0.296. The van der Waals surface area contributed by atoms with Gasteiger partial charge in [-0.2, -0.15) is 0 Å². The summed E-state index contributed by atoms with van der Waals surface area (Å²) in [5.41, 5.74) is 0. The Hall–Kier alpha value is -1.81. The Kier molecular flexibility index (Phi) is 3.25. The van der Waals surface area contributed by atoms with E-state index in [4.69, 9.17) is 0 Å². The van der Waals surface area contributed by atoms with E-state index in [0.29, 0.717) is 11.8 Å². The average molecular weight is 257 g/mol. The third-order valence-electron chi connectivity index (χ3n) is 3.67. The molecule has 0 saturated carbocycles. The largest absolute Gasteiger partial charge is 0.508 e. The lowest BCUT2D eigenvalue weighted by atomic mass is 10.1. The number of aromatic nitrogens is 1. The zero-order valence-electron chi connectivity index (χ0n) is 11.1. The molecule has 3 rings (SSSR count). The number of nitrogens with one attached hydrogen (secondary N) is 1. The summed E-state index contributed by atoms with van der Waals surface area (Å²) in [7, 11) is 0. The summed E-state index contributed by atoms with van der Waals surface area (Å²) in [6.45, 7) is 5.20. The number of nitrogens with zero attached hydrogens (tertiary/aromatic N) is 2. The quantitative estimate of drug-likeness (QED) is 0.881. The maximum absolute atomic E-state index is 9.72. The Balaban J connectivity index is 2.08. The third-order valence-corrected chi connectivity index (χ3v) is 3.67. The average Bonchev–Trinajstić information content (AvgIpc) is 2.35. The van der Waals surface area contributed by atoms with E-state index < -0.39 is 0 Å². The number of hydrogen-bond donors (Lipinski definition) is 2. The molecule has 0 amide bonds. The molecule has 2 N–H and O–H groups in total. The van der Waals surface area contributed by atoms with Gasteiger partial charge in [0.25, 0.3) is 0 Å². The fourth-order valence-corrected chi connectivity index (χ4v) is 2.57. The number of rotatable bonds is 4. The molecule has 4 heteroatoms. The summed E-state index contributed by atoms with van der Waals surface area (Å²) < 4.78 is 0. The second-order valence-corrected chi connectivity index (χ2v) is 5.05. The Labute approximate surface area is 113 Å². The number of fused-ring (bicyclic) bond motifs is 1. The van der Waals surface area contributed by atoms with E-state index in [1.165, 1.54) is 0 Å². The zero-order valence-corrected chi connectivity index (χ0v) is 11.1. The second kappa shape index (κ2) is 5.05. The van der Waals surface area contributed by atoms with Gasteiger partial charge in [-0.1, -0.05) is 13.0 Å². The molecular weight excluding hydrogens is 238 g/mol. The fourth-order valence-electron chi connectivity index (χ4n) is 2.57. The van der Waals surface area contributed by atoms with Crippen molar-refractivity contribution in [2.75, 3.05) is 24.5 Å². The van der Waals surface area contributed by atoms with Crippen molar-refractivity contribution in [1.29, 1.82) is 0 Å². The predicted octanol–water partition coefficient (Wildman–Crippen LogP) is 2.13. The zero-order chi connectivity index (χ0) is 13.2. The predicted molar refractivity (Wildman–Crippen MR) is 77.7 cm³/mol. The van der Waals surface area contributed by atoms with Gasteiger partial charge >= 0.3 is 0 Å². The first kappa shape index (κ1) is 12.2. The van der Waals surface area contributed by atoms with E-state index in [1.54, 1.807) is 6.07 Å². The van der Waals surface area contributed by atoms with Crippen molar-refractivity contribution < 1.29 is 5.11 Å². The molecule has 1 fully saturated rings. The molecular formula is C15H19N3O. The van der Waals surface area contributed by atoms with E-state index in [2.05, 4.69) is 22.1 Å². The highest BCUT2D eigenvalue weighted by molar-refractivity contribution is 5.93. The lowest BCUT2D eigenvalue weighted by molar-refractivity contribution is 0.411. The van der Waals surface area contributed by atoms with Crippen molar-refractivity contribution in [3.05, 3.63) is 30.5 Å². The highest BCUT2D eigenvalue weighted by Gasteiger charge is 2.26. The summed E-state index contributed by atoms with van der Waals surface area (Å²) in [6, 6.07) is 7.98. The maximum Gasteiger partial charge on any atom is 0.136 e. The van der Waals surface area contributed by atoms with Crippen LogP contribution in [-0.2, 0) is 0 Å². The molecule has 1 aliphatic heterocycles. The van der Waals surface area contributed by atoms with Gasteiger partial charge in [-0.15, -0.1) is 0 Å². The van der Waals surface area contributed by atoms with E-state index in [-0.39, 0.29) is 0 Å². The van der Waals surface area contributed by atoms with Crippen molar-refractivity contribution in [1.82, 2.24) is 10.3 Å². The van der Waals surface area contributed by atoms with Crippen LogP contribution >= 0.6 is 0 Å². The molecule has 2 aromatic rings. The van der Waals surface area contributed by atoms with Crippen LogP contribution < -0.4 is 10.2 Å². The standard InChI is InChI=1S/C15H19N3O/c1-2-7-18(12-9-16-10-12)15-14-8-13(19)4-3-11(14)5-6-17-15/h3-6,8,12,16,19H,2,7,9-10H2,1H3. The van der Waals surface area contributed by atoms with Gasteiger partial charge in [-0.05, 0) is 30.0 Å². The minimum Gasteiger partial charge on any atom is -0.508 e. The van der Waals surface area contributed by atoms with Crippen LogP contribution in [0.15, 0.2) is 30.5 Å². The van der Waals surface area contributed by atoms with Crippen molar-refractivity contribution in [3.63, 3.8) is 0 Å². The summed E-state index contributed by atoms with van der Waals surface area (Å²) in [5.74, 6) is 1.28. The van der Waals surface area contributed by atoms with Crippen molar-refractivity contribution in [2.24, 2.45) is 0 Å². The first-order valence-electron chi connectivity index (χ1n) is 6.84. The molecule has 2 heterocycles. The Morgan fingerprint density at radius 1 is 1.37 bits per heavy atom. The first-order valence-corrected chi connectivity index (χ1v) is 6.84. The van der Waals surface area contributed by atoms with E-state index in [0.717, 1.165) is 42.6 Å². The molecule has 1 aromatic heterocycles. The van der Waals surface area contributed by atoms with Gasteiger partial charge in [0.05, 0.1) is 6.04 Å². The van der Waals surface area contributed by atoms with Crippen LogP contribution in [0.4, 0.5) is 5.82 Å². The molecule has 0 atom stereocenters. The third kappa shape index (κ3) is 2.24. The molecule has 1 saturated heterocycles. The number of hydrogen-bond acceptors (Lipinski definition) is 4. The topological polar surface area (TPSA) is 48.4 Å². The Morgan fingerprint density at radius 3 is 2.89 bits per heavy atom. The number of benzene rings is 1. The number of phenolic OH excluding ortho intramolecular Hbond substituents is 1. The molecule has 1 aliphatic rings. The van der Waals surface area contributed by atoms with Gasteiger partial charge in [0, 0.05) is 31.2 Å². The van der Waals surface area contributed by atoms with Crippen molar-refractivity contribution in [2.45, 2.75) is 19.4 Å². The molecule has 19 heavy (non-hydrogen) atoms. The van der Waals surface area contributed by atoms with Crippen molar-refractivity contribution in [3.8, 4) is 5.75 Å². The molecule has 0 bridgehead atoms. The number of pyridine rings is 1. The highest BCUT2D eigenvalue weighted by atomic mass is 16.3. The molecule has 0 radical (unpaired) electrons. The SMILES string of the molecule is CCCN(c1nccc2ccc(O)cc12)C1CNC1. The van der Waals surface area contributed by atoms with Crippen LogP contribution in [0.5, 0.6) is 5.75 Å². The Bertz CT molecular complexity index is 581. The van der Waals surface area contributed by atoms with Gasteiger partial charge in [-0.3, -0.25) is 0 Å². The summed E-state index contributed by atoms with van der Waals surface area (Å²) in [6.07, 6.45) is 2.94. The lowest BCUT2D eigenvalue weighted by Crippen LogP contribution is -2.57. The van der Waals surface area contributed by atoms with E-state index >= 15 is 0 Å². The first-order chi connectivity index (χ1) is 9.29. The van der Waals surface area contributed by atoms with Crippen LogP contribution in [0, 0.1) is 0 Å². The number of phenols is 1. The number of anilines is 1. The monoisotopic (exact) mass is 257 g/mol. The second-order valence-electron chi connectivity index (χ2n) is 5.05. The van der Waals surface area contributed by atoms with Gasteiger partial charge in [0.15, 0.2) is 0 Å². The van der Waals surface area contributed by atoms with Crippen LogP contribution in [0.3, 0.4) is 0 Å². The van der Waals surface area contributed by atoms with Crippen LogP contribution in [0.25, 0.3) is 10.8 Å². The molecule has 100 valence electrons. The van der Waals surface area contributed by atoms with Crippen LogP contribution in [0.1, 0.15) is 13.3 Å². The smallest absolute Gasteiger partial charge is 0.136 e. The number of aromatic hydroxyl groups is 1. The summed E-state index contributed by atoms with van der Waals surface area (Å²) in [4.78, 5) is 6.92. The lowest BCUT2D eigenvalue weighted by Gasteiger charge is -2.39. The van der Waals surface area contributed by atoms with Crippen molar-refractivity contribution >= 4 is 16.6 Å². The summed E-state index contributed by atoms with van der Waals surface area (Å²) in [5, 5.41) is 15.2. The Morgan fingerprint density at radius 2 is 2.21 bits per heavy atom.